The van der Waals surface area contributed by atoms with Crippen LogP contribution >= 0.6 is 0 Å². The Morgan fingerprint density at radius 2 is 1.67 bits per heavy atom. The molecule has 2 atom stereocenters. The fraction of sp³-hybridized carbons (Fsp3) is 0.294. The molecule has 0 spiro atoms. The molecule has 3 aromatic rings. The summed E-state index contributed by atoms with van der Waals surface area (Å²) in [4.78, 5) is 70.4. The van der Waals surface area contributed by atoms with Crippen LogP contribution < -0.4 is 15.5 Å². The summed E-state index contributed by atoms with van der Waals surface area (Å²) in [5.74, 6) is -1.97. The van der Waals surface area contributed by atoms with Crippen LogP contribution in [0.3, 0.4) is 0 Å². The molecule has 1 saturated carbocycles. The lowest BCUT2D eigenvalue weighted by Gasteiger charge is -2.36. The fourth-order valence-corrected chi connectivity index (χ4v) is 5.78. The summed E-state index contributed by atoms with van der Waals surface area (Å²) in [6.07, 6.45) is 6.68. The Kier molecular flexibility index (Phi) is 8.86. The zero-order valence-corrected chi connectivity index (χ0v) is 25.0. The minimum atomic E-state index is -0.527. The van der Waals surface area contributed by atoms with Gasteiger partial charge in [-0.2, -0.15) is 0 Å². The monoisotopic (exact) mass is 624 g/mol. The number of nitrogens with one attached hydrogen (secondary N) is 2. The Balaban J connectivity index is 0.936. The number of halogens is 1. The minimum absolute atomic E-state index is 0.0149. The Morgan fingerprint density at radius 3 is 2.35 bits per heavy atom. The van der Waals surface area contributed by atoms with Gasteiger partial charge in [-0.25, -0.2) is 4.39 Å². The van der Waals surface area contributed by atoms with Gasteiger partial charge in [0.2, 0.25) is 11.8 Å². The van der Waals surface area contributed by atoms with Crippen molar-refractivity contribution in [1.29, 1.82) is 0 Å². The predicted octanol–water partition coefficient (Wildman–Crippen LogP) is 2.86. The van der Waals surface area contributed by atoms with Gasteiger partial charge in [0.25, 0.3) is 17.7 Å². The summed E-state index contributed by atoms with van der Waals surface area (Å²) in [6.45, 7) is 2.25. The Labute approximate surface area is 265 Å². The van der Waals surface area contributed by atoms with E-state index in [1.165, 1.54) is 18.2 Å². The highest BCUT2D eigenvalue weighted by molar-refractivity contribution is 6.13. The molecule has 1 aliphatic carbocycles. The van der Waals surface area contributed by atoms with Crippen molar-refractivity contribution in [3.05, 3.63) is 102 Å². The highest BCUT2D eigenvalue weighted by atomic mass is 19.1. The van der Waals surface area contributed by atoms with Gasteiger partial charge in [0.1, 0.15) is 5.82 Å². The van der Waals surface area contributed by atoms with Gasteiger partial charge >= 0.3 is 0 Å². The van der Waals surface area contributed by atoms with Crippen molar-refractivity contribution in [3.63, 3.8) is 0 Å². The molecule has 2 aromatic carbocycles. The maximum atomic E-state index is 14.8. The van der Waals surface area contributed by atoms with Crippen molar-refractivity contribution < 1.29 is 28.4 Å². The standard InChI is InChI=1S/C34H33FN6O5/c35-29-18-25(38-34(46)28-19-27(28)23-2-1-12-36-20-23)6-3-24(29)21-37-33(45)22-4-7-26(8-5-22)39-14-16-40(17-15-39)30(42)11-13-41-31(43)9-10-32(41)44/h1-10,12,18,20,27-28H,11,13-17,19,21H2,(H,37,45)(H,38,46). The van der Waals surface area contributed by atoms with Gasteiger partial charge in [0, 0.05) is 98.7 Å². The summed E-state index contributed by atoms with van der Waals surface area (Å²) in [5, 5.41) is 5.53. The van der Waals surface area contributed by atoms with Crippen LogP contribution in [0.2, 0.25) is 0 Å². The van der Waals surface area contributed by atoms with E-state index in [4.69, 9.17) is 0 Å². The molecular weight excluding hydrogens is 591 g/mol. The van der Waals surface area contributed by atoms with Crippen LogP contribution in [-0.4, -0.2) is 77.0 Å². The van der Waals surface area contributed by atoms with E-state index in [0.29, 0.717) is 43.0 Å². The van der Waals surface area contributed by atoms with Crippen LogP contribution in [0.4, 0.5) is 15.8 Å². The molecule has 2 aliphatic heterocycles. The van der Waals surface area contributed by atoms with Crippen molar-refractivity contribution in [2.75, 3.05) is 42.9 Å². The van der Waals surface area contributed by atoms with E-state index < -0.39 is 17.6 Å². The van der Waals surface area contributed by atoms with E-state index in [1.54, 1.807) is 41.6 Å². The summed E-state index contributed by atoms with van der Waals surface area (Å²) in [6, 6.07) is 15.3. The van der Waals surface area contributed by atoms with Crippen molar-refractivity contribution >= 4 is 40.9 Å². The molecule has 0 radical (unpaired) electrons. The molecule has 1 saturated heterocycles. The van der Waals surface area contributed by atoms with Gasteiger partial charge in [-0.1, -0.05) is 12.1 Å². The van der Waals surface area contributed by atoms with Crippen LogP contribution in [0.15, 0.2) is 79.1 Å². The van der Waals surface area contributed by atoms with E-state index in [9.17, 15) is 28.4 Å². The molecule has 2 N–H and O–H groups in total. The number of anilines is 2. The first-order valence-electron chi connectivity index (χ1n) is 15.2. The molecule has 236 valence electrons. The number of hydrogen-bond acceptors (Lipinski definition) is 7. The quantitative estimate of drug-likeness (QED) is 0.332. The van der Waals surface area contributed by atoms with E-state index in [1.807, 2.05) is 24.3 Å². The molecule has 3 heterocycles. The lowest BCUT2D eigenvalue weighted by molar-refractivity contribution is -0.138. The first kappa shape index (κ1) is 30.6. The molecule has 3 aliphatic rings. The average molecular weight is 625 g/mol. The zero-order valence-electron chi connectivity index (χ0n) is 25.0. The second kappa shape index (κ2) is 13.3. The molecule has 5 amide bonds. The summed E-state index contributed by atoms with van der Waals surface area (Å²) in [7, 11) is 0. The van der Waals surface area contributed by atoms with Crippen LogP contribution in [0, 0.1) is 11.7 Å². The molecule has 2 fully saturated rings. The van der Waals surface area contributed by atoms with Crippen molar-refractivity contribution in [2.24, 2.45) is 5.92 Å². The maximum Gasteiger partial charge on any atom is 0.253 e. The molecule has 6 rings (SSSR count). The number of carbonyl (C=O) groups excluding carboxylic acids is 5. The van der Waals surface area contributed by atoms with E-state index in [0.717, 1.165) is 22.6 Å². The normalized spacial score (nSPS) is 18.9. The zero-order chi connectivity index (χ0) is 32.2. The smallest absolute Gasteiger partial charge is 0.253 e. The van der Waals surface area contributed by atoms with Gasteiger partial charge in [0.05, 0.1) is 0 Å². The van der Waals surface area contributed by atoms with Gasteiger partial charge in [-0.05, 0) is 60.4 Å². The third-order valence-electron chi connectivity index (χ3n) is 8.58. The van der Waals surface area contributed by atoms with E-state index in [-0.39, 0.29) is 49.1 Å². The largest absolute Gasteiger partial charge is 0.368 e. The first-order valence-corrected chi connectivity index (χ1v) is 15.2. The topological polar surface area (TPSA) is 132 Å². The Hall–Kier alpha value is -5.39. The molecule has 12 heteroatoms. The van der Waals surface area contributed by atoms with Crippen molar-refractivity contribution in [3.8, 4) is 0 Å². The molecule has 1 aromatic heterocycles. The van der Waals surface area contributed by atoms with Gasteiger partial charge < -0.3 is 20.4 Å². The number of imide groups is 1. The molecular formula is C34H33FN6O5. The molecule has 2 unspecified atom stereocenters. The third-order valence-corrected chi connectivity index (χ3v) is 8.58. The number of amides is 5. The number of hydrogen-bond donors (Lipinski definition) is 2. The Bertz CT molecular complexity index is 1670. The van der Waals surface area contributed by atoms with Crippen molar-refractivity contribution in [2.45, 2.75) is 25.3 Å². The molecule has 0 bridgehead atoms. The van der Waals surface area contributed by atoms with Crippen LogP contribution in [0.25, 0.3) is 0 Å². The number of aromatic nitrogens is 1. The number of carbonyl (C=O) groups is 5. The fourth-order valence-electron chi connectivity index (χ4n) is 5.78. The number of rotatable bonds is 10. The highest BCUT2D eigenvalue weighted by Crippen LogP contribution is 2.47. The van der Waals surface area contributed by atoms with Crippen LogP contribution in [0.1, 0.15) is 40.2 Å². The average Bonchev–Trinajstić information content (AvgIpc) is 3.82. The number of piperazine rings is 1. The van der Waals surface area contributed by atoms with E-state index >= 15 is 0 Å². The van der Waals surface area contributed by atoms with Crippen LogP contribution in [0.5, 0.6) is 0 Å². The lowest BCUT2D eigenvalue weighted by atomic mass is 10.1. The molecule has 11 nitrogen and oxygen atoms in total. The highest BCUT2D eigenvalue weighted by Gasteiger charge is 2.44. The maximum absolute atomic E-state index is 14.8. The van der Waals surface area contributed by atoms with Gasteiger partial charge in [-0.15, -0.1) is 0 Å². The molecule has 46 heavy (non-hydrogen) atoms. The number of benzene rings is 2. The second-order valence-electron chi connectivity index (χ2n) is 11.5. The summed E-state index contributed by atoms with van der Waals surface area (Å²) in [5.41, 5.74) is 3.01. The predicted molar refractivity (Wildman–Crippen MR) is 167 cm³/mol. The number of pyridine rings is 1. The minimum Gasteiger partial charge on any atom is -0.368 e. The third kappa shape index (κ3) is 6.96. The van der Waals surface area contributed by atoms with Crippen LogP contribution in [-0.2, 0) is 25.7 Å². The van der Waals surface area contributed by atoms with Gasteiger partial charge in [0.15, 0.2) is 0 Å². The Morgan fingerprint density at radius 1 is 0.935 bits per heavy atom. The second-order valence-corrected chi connectivity index (χ2v) is 11.5. The van der Waals surface area contributed by atoms with Crippen molar-refractivity contribution in [1.82, 2.24) is 20.1 Å². The van der Waals surface area contributed by atoms with Gasteiger partial charge in [-0.3, -0.25) is 33.9 Å². The summed E-state index contributed by atoms with van der Waals surface area (Å²) >= 11 is 0. The first-order chi connectivity index (χ1) is 22.3. The lowest BCUT2D eigenvalue weighted by Crippen LogP contribution is -2.49. The summed E-state index contributed by atoms with van der Waals surface area (Å²) < 4.78 is 14.8. The van der Waals surface area contributed by atoms with E-state index in [2.05, 4.69) is 20.5 Å². The number of nitrogens with zero attached hydrogens (tertiary/aromatic N) is 4. The SMILES string of the molecule is O=C(NCc1ccc(NC(=O)C2CC2c2cccnc2)cc1F)c1ccc(N2CCN(C(=O)CCN3C(=O)C=CC3=O)CC2)cc1.